The van der Waals surface area contributed by atoms with Crippen LogP contribution in [0.5, 0.6) is 0 Å². The Morgan fingerprint density at radius 1 is 0.767 bits per heavy atom. The van der Waals surface area contributed by atoms with Crippen LogP contribution in [0, 0.1) is 0 Å². The van der Waals surface area contributed by atoms with Gasteiger partial charge in [0, 0.05) is 83.7 Å². The van der Waals surface area contributed by atoms with Crippen LogP contribution in [0.2, 0.25) is 0 Å². The zero-order valence-electron chi connectivity index (χ0n) is 17.2. The molecule has 0 radical (unpaired) electrons. The van der Waals surface area contributed by atoms with Gasteiger partial charge in [0.2, 0.25) is 11.9 Å². The molecule has 0 aliphatic carbocycles. The first kappa shape index (κ1) is 20.3. The van der Waals surface area contributed by atoms with E-state index in [9.17, 15) is 4.79 Å². The van der Waals surface area contributed by atoms with Gasteiger partial charge >= 0.3 is 6.03 Å². The number of nitrogens with one attached hydrogen (secondary N) is 1. The third-order valence-corrected chi connectivity index (χ3v) is 5.54. The molecule has 10 heteroatoms. The molecule has 1 N–H and O–H groups in total. The van der Waals surface area contributed by atoms with E-state index in [-0.39, 0.29) is 6.03 Å². The van der Waals surface area contributed by atoms with Crippen LogP contribution >= 0.6 is 0 Å². The molecule has 2 saturated heterocycles. The highest BCUT2D eigenvalue weighted by Gasteiger charge is 2.22. The molecule has 0 aromatic carbocycles. The van der Waals surface area contributed by atoms with Crippen molar-refractivity contribution in [3.63, 3.8) is 0 Å². The summed E-state index contributed by atoms with van der Waals surface area (Å²) >= 11 is 0. The molecule has 0 bridgehead atoms. The molecule has 2 aliphatic heterocycles. The normalized spacial score (nSPS) is 17.8. The van der Waals surface area contributed by atoms with Crippen LogP contribution < -0.4 is 15.1 Å². The minimum Gasteiger partial charge on any atom is -0.338 e. The van der Waals surface area contributed by atoms with Crippen molar-refractivity contribution in [2.75, 3.05) is 75.2 Å². The number of urea groups is 1. The minimum atomic E-state index is 0.0228. The number of anilines is 2. The van der Waals surface area contributed by atoms with E-state index in [0.717, 1.165) is 64.1 Å². The summed E-state index contributed by atoms with van der Waals surface area (Å²) in [7, 11) is 0. The van der Waals surface area contributed by atoms with Gasteiger partial charge in [0.25, 0.3) is 0 Å². The highest BCUT2D eigenvalue weighted by Crippen LogP contribution is 2.11. The fourth-order valence-electron chi connectivity index (χ4n) is 3.80. The summed E-state index contributed by atoms with van der Waals surface area (Å²) < 4.78 is 0. The van der Waals surface area contributed by atoms with Crippen molar-refractivity contribution in [1.82, 2.24) is 35.1 Å². The molecule has 2 aromatic heterocycles. The van der Waals surface area contributed by atoms with E-state index in [0.29, 0.717) is 19.6 Å². The van der Waals surface area contributed by atoms with E-state index in [1.165, 1.54) is 0 Å². The second-order valence-corrected chi connectivity index (χ2v) is 7.49. The van der Waals surface area contributed by atoms with Gasteiger partial charge in [-0.3, -0.25) is 4.90 Å². The van der Waals surface area contributed by atoms with Gasteiger partial charge in [-0.15, -0.1) is 0 Å². The summed E-state index contributed by atoms with van der Waals surface area (Å²) in [6, 6.07) is 3.67. The molecule has 160 valence electrons. The summed E-state index contributed by atoms with van der Waals surface area (Å²) in [6.45, 7) is 8.44. The van der Waals surface area contributed by atoms with Gasteiger partial charge in [0.05, 0.1) is 0 Å². The van der Waals surface area contributed by atoms with Crippen LogP contribution in [0.15, 0.2) is 36.9 Å². The first-order valence-electron chi connectivity index (χ1n) is 10.6. The van der Waals surface area contributed by atoms with Crippen molar-refractivity contribution < 1.29 is 4.79 Å². The second-order valence-electron chi connectivity index (χ2n) is 7.49. The summed E-state index contributed by atoms with van der Waals surface area (Å²) in [5, 5.41) is 3.06. The molecule has 0 atom stereocenters. The molecule has 2 fully saturated rings. The van der Waals surface area contributed by atoms with E-state index in [1.54, 1.807) is 24.8 Å². The molecule has 2 aromatic rings. The van der Waals surface area contributed by atoms with Crippen molar-refractivity contribution in [2.24, 2.45) is 0 Å². The first-order valence-corrected chi connectivity index (χ1v) is 10.6. The molecule has 4 rings (SSSR count). The molecule has 0 saturated carbocycles. The maximum absolute atomic E-state index is 12.4. The average molecular weight is 412 g/mol. The van der Waals surface area contributed by atoms with Crippen molar-refractivity contribution in [1.29, 1.82) is 0 Å². The van der Waals surface area contributed by atoms with Crippen LogP contribution in [0.25, 0.3) is 0 Å². The summed E-state index contributed by atoms with van der Waals surface area (Å²) in [5.74, 6) is 1.54. The highest BCUT2D eigenvalue weighted by molar-refractivity contribution is 5.74. The fourth-order valence-corrected chi connectivity index (χ4v) is 3.80. The first-order chi connectivity index (χ1) is 14.8. The van der Waals surface area contributed by atoms with E-state index >= 15 is 0 Å². The maximum Gasteiger partial charge on any atom is 0.317 e. The average Bonchev–Trinajstić information content (AvgIpc) is 2.83. The topological polar surface area (TPSA) is 93.6 Å². The Morgan fingerprint density at radius 3 is 1.80 bits per heavy atom. The number of piperazine rings is 2. The quantitative estimate of drug-likeness (QED) is 0.679. The van der Waals surface area contributed by atoms with Crippen molar-refractivity contribution in [2.45, 2.75) is 6.42 Å². The van der Waals surface area contributed by atoms with Gasteiger partial charge in [-0.05, 0) is 25.1 Å². The van der Waals surface area contributed by atoms with Crippen LogP contribution in [-0.4, -0.2) is 101 Å². The number of aromatic nitrogens is 4. The largest absolute Gasteiger partial charge is 0.338 e. The molecule has 4 heterocycles. The summed E-state index contributed by atoms with van der Waals surface area (Å²) in [6.07, 6.45) is 8.01. The van der Waals surface area contributed by atoms with Crippen molar-refractivity contribution in [3.05, 3.63) is 36.9 Å². The molecule has 2 aliphatic rings. The number of amides is 2. The van der Waals surface area contributed by atoms with E-state index in [4.69, 9.17) is 0 Å². The predicted octanol–water partition coefficient (Wildman–Crippen LogP) is 0.311. The standard InChI is InChI=1S/C20H29N9O/c30-20(29-16-14-28(15-17-29)19-23-6-2-7-24-19)25-8-3-9-26-10-12-27(13-11-26)18-21-4-1-5-22-18/h1-2,4-7H,3,8-17H2,(H,25,30). The van der Waals surface area contributed by atoms with Gasteiger partial charge < -0.3 is 20.0 Å². The van der Waals surface area contributed by atoms with Gasteiger partial charge in [-0.2, -0.15) is 0 Å². The molecular weight excluding hydrogens is 382 g/mol. The zero-order valence-corrected chi connectivity index (χ0v) is 17.2. The SMILES string of the molecule is O=C(NCCCN1CCN(c2ncccn2)CC1)N1CCN(c2ncccn2)CC1. The second kappa shape index (κ2) is 10.1. The Labute approximate surface area is 176 Å². The number of hydrogen-bond acceptors (Lipinski definition) is 8. The van der Waals surface area contributed by atoms with Crippen LogP contribution in [-0.2, 0) is 0 Å². The Morgan fingerprint density at radius 2 is 1.27 bits per heavy atom. The summed E-state index contributed by atoms with van der Waals surface area (Å²) in [5.41, 5.74) is 0. The lowest BCUT2D eigenvalue weighted by molar-refractivity contribution is 0.192. The number of carbonyl (C=O) groups excluding carboxylic acids is 1. The lowest BCUT2D eigenvalue weighted by Gasteiger charge is -2.35. The van der Waals surface area contributed by atoms with E-state index in [2.05, 4.69) is 40.0 Å². The van der Waals surface area contributed by atoms with Crippen molar-refractivity contribution in [3.8, 4) is 0 Å². The molecule has 2 amide bonds. The summed E-state index contributed by atoms with van der Waals surface area (Å²) in [4.78, 5) is 38.3. The number of nitrogens with zero attached hydrogens (tertiary/aromatic N) is 8. The van der Waals surface area contributed by atoms with E-state index < -0.39 is 0 Å². The Balaban J connectivity index is 1.09. The number of rotatable bonds is 6. The van der Waals surface area contributed by atoms with Gasteiger partial charge in [0.1, 0.15) is 0 Å². The highest BCUT2D eigenvalue weighted by atomic mass is 16.2. The number of hydrogen-bond donors (Lipinski definition) is 1. The third-order valence-electron chi connectivity index (χ3n) is 5.54. The third kappa shape index (κ3) is 5.32. The Kier molecular flexibility index (Phi) is 6.86. The van der Waals surface area contributed by atoms with Crippen LogP contribution in [0.1, 0.15) is 6.42 Å². The Bertz CT molecular complexity index is 775. The van der Waals surface area contributed by atoms with Gasteiger partial charge in [-0.1, -0.05) is 0 Å². The van der Waals surface area contributed by atoms with Crippen molar-refractivity contribution >= 4 is 17.9 Å². The monoisotopic (exact) mass is 411 g/mol. The zero-order chi connectivity index (χ0) is 20.6. The van der Waals surface area contributed by atoms with Gasteiger partial charge in [0.15, 0.2) is 0 Å². The van der Waals surface area contributed by atoms with E-state index in [1.807, 2.05) is 17.0 Å². The molecule has 10 nitrogen and oxygen atoms in total. The van der Waals surface area contributed by atoms with Crippen LogP contribution in [0.4, 0.5) is 16.7 Å². The Hall–Kier alpha value is -3.01. The maximum atomic E-state index is 12.4. The number of carbonyl (C=O) groups is 1. The minimum absolute atomic E-state index is 0.0228. The molecule has 30 heavy (non-hydrogen) atoms. The van der Waals surface area contributed by atoms with Gasteiger partial charge in [-0.25, -0.2) is 24.7 Å². The smallest absolute Gasteiger partial charge is 0.317 e. The lowest BCUT2D eigenvalue weighted by atomic mass is 10.3. The molecule has 0 spiro atoms. The van der Waals surface area contributed by atoms with Crippen LogP contribution in [0.3, 0.4) is 0 Å². The fraction of sp³-hybridized carbons (Fsp3) is 0.550. The molecular formula is C20H29N9O. The predicted molar refractivity (Wildman–Crippen MR) is 115 cm³/mol. The lowest BCUT2D eigenvalue weighted by Crippen LogP contribution is -2.52. The molecule has 0 unspecified atom stereocenters.